The Hall–Kier alpha value is -5.85. The Balaban J connectivity index is 0.879. The zero-order chi connectivity index (χ0) is 47.2. The minimum atomic E-state index is -4.60. The highest BCUT2D eigenvalue weighted by atomic mass is 35.5. The summed E-state index contributed by atoms with van der Waals surface area (Å²) in [4.78, 5) is 41.8. The van der Waals surface area contributed by atoms with E-state index in [1.807, 2.05) is 36.4 Å². The van der Waals surface area contributed by atoms with Crippen LogP contribution in [-0.2, 0) is 14.8 Å². The predicted molar refractivity (Wildman–Crippen MR) is 262 cm³/mol. The van der Waals surface area contributed by atoms with Crippen molar-refractivity contribution in [2.75, 3.05) is 70.5 Å². The Morgan fingerprint density at radius 2 is 1.79 bits per heavy atom. The molecule has 3 fully saturated rings. The van der Waals surface area contributed by atoms with E-state index in [0.29, 0.717) is 28.4 Å². The van der Waals surface area contributed by atoms with Crippen molar-refractivity contribution in [3.63, 3.8) is 0 Å². The lowest BCUT2D eigenvalue weighted by Gasteiger charge is -2.39. The van der Waals surface area contributed by atoms with Crippen LogP contribution in [-0.4, -0.2) is 120 Å². The van der Waals surface area contributed by atoms with Crippen molar-refractivity contribution in [2.45, 2.75) is 63.3 Å². The summed E-state index contributed by atoms with van der Waals surface area (Å²) >= 11 is 6.27. The van der Waals surface area contributed by atoms with Gasteiger partial charge in [-0.25, -0.2) is 23.1 Å². The molecular weight excluding hydrogens is 906 g/mol. The number of benzene rings is 3. The van der Waals surface area contributed by atoms with E-state index in [4.69, 9.17) is 26.1 Å². The lowest BCUT2D eigenvalue weighted by atomic mass is 9.72. The van der Waals surface area contributed by atoms with Gasteiger partial charge in [-0.05, 0) is 116 Å². The van der Waals surface area contributed by atoms with Gasteiger partial charge in [0.05, 0.1) is 33.2 Å². The number of nitrogens with one attached hydrogen (secondary N) is 2. The van der Waals surface area contributed by atoms with Gasteiger partial charge in [0.25, 0.3) is 15.9 Å². The standard InChI is InChI=1S/C50H56ClN9O7S/c1-50(2)16-11-36(42(28-50)34-3-5-37(51)6-4-34)31-56-19-21-57(22-20-56)39-7-9-41(44(26-39)59-45-25-35-12-17-52-48(35)54-43(45)29-53-59)49(61)55-68(64,65)40-8-10-47(46(27-40)60(62)63)67-32-33-13-18-58(30-33)38-14-23-66-24-15-38/h3-10,12,17,25-27,29,33,38,53H,11,13-16,18-24,28,30-32H2,1-2H3,(H,55,61)/t33-/m1/s1. The van der Waals surface area contributed by atoms with Crippen molar-refractivity contribution in [1.29, 1.82) is 0 Å². The molecule has 4 aliphatic rings. The zero-order valence-corrected chi connectivity index (χ0v) is 39.9. The van der Waals surface area contributed by atoms with Gasteiger partial charge in [0.15, 0.2) is 11.4 Å². The zero-order valence-electron chi connectivity index (χ0n) is 38.3. The number of hydrogen-bond donors (Lipinski definition) is 2. The molecule has 0 bridgehead atoms. The van der Waals surface area contributed by atoms with Crippen LogP contribution in [0.3, 0.4) is 0 Å². The molecule has 0 spiro atoms. The maximum Gasteiger partial charge on any atom is 0.312 e. The fourth-order valence-corrected chi connectivity index (χ4v) is 11.5. The number of ether oxygens (including phenoxy) is 2. The molecule has 1 atom stereocenters. The molecule has 3 aromatic heterocycles. The van der Waals surface area contributed by atoms with E-state index in [-0.39, 0.29) is 29.3 Å². The minimum Gasteiger partial charge on any atom is -0.486 e. The van der Waals surface area contributed by atoms with Crippen LogP contribution in [0.4, 0.5) is 11.4 Å². The van der Waals surface area contributed by atoms with Crippen molar-refractivity contribution in [1.82, 2.24) is 34.3 Å². The number of pyridine rings is 1. The van der Waals surface area contributed by atoms with Gasteiger partial charge in [-0.1, -0.05) is 43.2 Å². The quantitative estimate of drug-likeness (QED) is 0.0837. The number of fused-ring (bicyclic) bond motifs is 2. The molecule has 3 saturated heterocycles. The third-order valence-electron chi connectivity index (χ3n) is 14.2. The second-order valence-corrected chi connectivity index (χ2v) is 21.5. The van der Waals surface area contributed by atoms with Crippen LogP contribution in [0.1, 0.15) is 68.3 Å². The number of likely N-dealkylation sites (tertiary alicyclic amines) is 1. The first-order chi connectivity index (χ1) is 32.8. The summed E-state index contributed by atoms with van der Waals surface area (Å²) in [6.07, 6.45) is 9.45. The average Bonchev–Trinajstić information content (AvgIpc) is 4.11. The second-order valence-electron chi connectivity index (χ2n) is 19.4. The van der Waals surface area contributed by atoms with Gasteiger partial charge in [0, 0.05) is 99.0 Å². The van der Waals surface area contributed by atoms with E-state index < -0.39 is 31.4 Å². The van der Waals surface area contributed by atoms with Crippen molar-refractivity contribution < 1.29 is 27.6 Å². The first kappa shape index (κ1) is 45.9. The number of sulfonamides is 1. The number of anilines is 1. The van der Waals surface area contributed by atoms with Crippen LogP contribution in [0.15, 0.2) is 95.7 Å². The average molecular weight is 963 g/mol. The first-order valence-electron chi connectivity index (χ1n) is 23.5. The normalized spacial score (nSPS) is 19.8. The highest BCUT2D eigenvalue weighted by Gasteiger charge is 2.33. The van der Waals surface area contributed by atoms with Crippen LogP contribution < -0.4 is 14.4 Å². The maximum absolute atomic E-state index is 14.3. The van der Waals surface area contributed by atoms with E-state index in [1.54, 1.807) is 23.1 Å². The number of aromatic amines is 1. The molecule has 0 radical (unpaired) electrons. The number of rotatable bonds is 13. The summed E-state index contributed by atoms with van der Waals surface area (Å²) in [6, 6.07) is 21.2. The lowest BCUT2D eigenvalue weighted by molar-refractivity contribution is -0.386. The van der Waals surface area contributed by atoms with Crippen LogP contribution >= 0.6 is 11.6 Å². The molecule has 3 aromatic carbocycles. The molecular formula is C50H56ClN9O7S. The van der Waals surface area contributed by atoms with Crippen molar-refractivity contribution in [2.24, 2.45) is 11.3 Å². The molecule has 2 N–H and O–H groups in total. The van der Waals surface area contributed by atoms with Gasteiger partial charge in [0.2, 0.25) is 0 Å². The molecule has 68 heavy (non-hydrogen) atoms. The fraction of sp³-hybridized carbons (Fsp3) is 0.420. The molecule has 18 heteroatoms. The summed E-state index contributed by atoms with van der Waals surface area (Å²) in [5.74, 6) is -0.761. The number of amides is 1. The van der Waals surface area contributed by atoms with E-state index >= 15 is 0 Å². The predicted octanol–water partition coefficient (Wildman–Crippen LogP) is 8.25. The number of carbonyl (C=O) groups is 1. The number of nitrogens with zero attached hydrogens (tertiary/aromatic N) is 7. The number of piperazine rings is 1. The minimum absolute atomic E-state index is 0.0286. The summed E-state index contributed by atoms with van der Waals surface area (Å²) in [5, 5.41) is 17.1. The number of halogens is 1. The monoisotopic (exact) mass is 961 g/mol. The Bertz CT molecular complexity index is 3010. The van der Waals surface area contributed by atoms with Gasteiger partial charge in [-0.15, -0.1) is 0 Å². The third-order valence-corrected chi connectivity index (χ3v) is 15.8. The second kappa shape index (κ2) is 18.9. The number of carbonyl (C=O) groups excluding carboxylic acids is 1. The number of nitro benzene ring substituents is 1. The van der Waals surface area contributed by atoms with Crippen molar-refractivity contribution in [3.05, 3.63) is 117 Å². The molecule has 6 aromatic rings. The largest absolute Gasteiger partial charge is 0.486 e. The van der Waals surface area contributed by atoms with Gasteiger partial charge in [0.1, 0.15) is 5.52 Å². The lowest BCUT2D eigenvalue weighted by Crippen LogP contribution is -2.47. The Morgan fingerprint density at radius 1 is 1.00 bits per heavy atom. The Morgan fingerprint density at radius 3 is 2.57 bits per heavy atom. The van der Waals surface area contributed by atoms with Crippen LogP contribution in [0.5, 0.6) is 5.75 Å². The number of H-pyrrole nitrogens is 1. The molecule has 1 amide bonds. The van der Waals surface area contributed by atoms with Gasteiger partial charge in [-0.3, -0.25) is 34.5 Å². The summed E-state index contributed by atoms with van der Waals surface area (Å²) in [7, 11) is -4.60. The van der Waals surface area contributed by atoms with Gasteiger partial charge < -0.3 is 14.4 Å². The van der Waals surface area contributed by atoms with E-state index in [2.05, 4.69) is 55.5 Å². The van der Waals surface area contributed by atoms with Gasteiger partial charge >= 0.3 is 5.69 Å². The molecule has 0 saturated carbocycles. The molecule has 10 rings (SSSR count). The Kier molecular flexibility index (Phi) is 12.8. The molecule has 0 unspecified atom stereocenters. The Labute approximate surface area is 400 Å². The number of allylic oxidation sites excluding steroid dienone is 1. The molecule has 1 aliphatic carbocycles. The summed E-state index contributed by atoms with van der Waals surface area (Å²) in [6.45, 7) is 12.2. The summed E-state index contributed by atoms with van der Waals surface area (Å²) in [5.41, 5.74) is 7.00. The highest BCUT2D eigenvalue weighted by Crippen LogP contribution is 2.43. The van der Waals surface area contributed by atoms with Crippen LogP contribution in [0.2, 0.25) is 5.02 Å². The van der Waals surface area contributed by atoms with Crippen LogP contribution in [0, 0.1) is 21.4 Å². The van der Waals surface area contributed by atoms with Gasteiger partial charge in [-0.2, -0.15) is 0 Å². The van der Waals surface area contributed by atoms with Crippen molar-refractivity contribution >= 4 is 66.5 Å². The number of nitro groups is 1. The maximum atomic E-state index is 14.3. The fourth-order valence-electron chi connectivity index (χ4n) is 10.4. The van der Waals surface area contributed by atoms with E-state index in [9.17, 15) is 23.3 Å². The molecule has 356 valence electrons. The van der Waals surface area contributed by atoms with E-state index in [1.165, 1.54) is 28.8 Å². The summed E-state index contributed by atoms with van der Waals surface area (Å²) < 4.78 is 43.3. The smallest absolute Gasteiger partial charge is 0.312 e. The van der Waals surface area contributed by atoms with Crippen LogP contribution in [0.25, 0.3) is 33.3 Å². The van der Waals surface area contributed by atoms with Crippen molar-refractivity contribution in [3.8, 4) is 11.4 Å². The topological polar surface area (TPSA) is 181 Å². The SMILES string of the molecule is CC1(C)CCC(CN2CCN(c3ccc(C(=O)NS(=O)(=O)c4ccc(OC[C@@H]5CCN(C6CCOCC6)C5)c([N+](=O)[O-])c4)c(-n4[nH]cc5nc6nccc6cc54)c3)CC2)=C(c2ccc(Cl)cc2)C1. The molecule has 3 aliphatic heterocycles. The highest BCUT2D eigenvalue weighted by molar-refractivity contribution is 7.90. The number of hydrogen-bond acceptors (Lipinski definition) is 12. The molecule has 6 heterocycles. The molecule has 16 nitrogen and oxygen atoms in total. The van der Waals surface area contributed by atoms with E-state index in [0.717, 1.165) is 120 Å². The number of aromatic nitrogens is 4. The third kappa shape index (κ3) is 9.72. The first-order valence-corrected chi connectivity index (χ1v) is 25.3.